The van der Waals surface area contributed by atoms with Gasteiger partial charge in [0.05, 0.1) is 0 Å². The standard InChI is InChI=1S/C10H19N3S/c1-3-6-12-10(11-2)13-8-9-5-4-7-14-9/h3,9H,1,4-8H2,2H3,(H2,11,12,13). The average Bonchev–Trinajstić information content (AvgIpc) is 2.71. The van der Waals surface area contributed by atoms with Crippen molar-refractivity contribution >= 4 is 17.7 Å². The zero-order valence-electron chi connectivity index (χ0n) is 8.75. The molecule has 14 heavy (non-hydrogen) atoms. The zero-order valence-corrected chi connectivity index (χ0v) is 9.57. The molecule has 1 unspecified atom stereocenters. The molecule has 0 bridgehead atoms. The summed E-state index contributed by atoms with van der Waals surface area (Å²) in [4.78, 5) is 4.12. The van der Waals surface area contributed by atoms with Gasteiger partial charge in [0.1, 0.15) is 0 Å². The molecule has 0 aromatic heterocycles. The van der Waals surface area contributed by atoms with Crippen molar-refractivity contribution < 1.29 is 0 Å². The lowest BCUT2D eigenvalue weighted by Gasteiger charge is -2.13. The van der Waals surface area contributed by atoms with Gasteiger partial charge in [-0.25, -0.2) is 0 Å². The number of aliphatic imine (C=N–C) groups is 1. The molecule has 1 aliphatic heterocycles. The second-order valence-electron chi connectivity index (χ2n) is 3.26. The lowest BCUT2D eigenvalue weighted by molar-refractivity contribution is 0.733. The molecular weight excluding hydrogens is 194 g/mol. The molecule has 0 aromatic rings. The summed E-state index contributed by atoms with van der Waals surface area (Å²) in [5.41, 5.74) is 0. The van der Waals surface area contributed by atoms with Crippen molar-refractivity contribution in [3.05, 3.63) is 12.7 Å². The Morgan fingerprint density at radius 2 is 2.50 bits per heavy atom. The molecule has 0 radical (unpaired) electrons. The summed E-state index contributed by atoms with van der Waals surface area (Å²) in [5.74, 6) is 2.18. The Hall–Kier alpha value is -0.640. The topological polar surface area (TPSA) is 36.4 Å². The maximum absolute atomic E-state index is 4.12. The van der Waals surface area contributed by atoms with Gasteiger partial charge in [0, 0.05) is 25.4 Å². The van der Waals surface area contributed by atoms with Crippen LogP contribution in [0.3, 0.4) is 0 Å². The van der Waals surface area contributed by atoms with Gasteiger partial charge in [-0.15, -0.1) is 6.58 Å². The van der Waals surface area contributed by atoms with E-state index in [-0.39, 0.29) is 0 Å². The van der Waals surface area contributed by atoms with Crippen LogP contribution in [0.5, 0.6) is 0 Å². The number of hydrogen-bond donors (Lipinski definition) is 2. The summed E-state index contributed by atoms with van der Waals surface area (Å²) in [6.45, 7) is 5.43. The van der Waals surface area contributed by atoms with Gasteiger partial charge in [-0.05, 0) is 18.6 Å². The summed E-state index contributed by atoms with van der Waals surface area (Å²) >= 11 is 2.05. The first-order valence-corrected chi connectivity index (χ1v) is 6.08. The van der Waals surface area contributed by atoms with Crippen LogP contribution in [0.4, 0.5) is 0 Å². The minimum absolute atomic E-state index is 0.761. The van der Waals surface area contributed by atoms with Gasteiger partial charge < -0.3 is 10.6 Å². The molecule has 1 saturated heterocycles. The van der Waals surface area contributed by atoms with E-state index in [1.807, 2.05) is 6.08 Å². The predicted octanol–water partition coefficient (Wildman–Crippen LogP) is 1.23. The first-order valence-electron chi connectivity index (χ1n) is 5.04. The number of nitrogens with one attached hydrogen (secondary N) is 2. The summed E-state index contributed by atoms with van der Waals surface area (Å²) < 4.78 is 0. The van der Waals surface area contributed by atoms with E-state index < -0.39 is 0 Å². The number of thioether (sulfide) groups is 1. The predicted molar refractivity (Wildman–Crippen MR) is 65.0 cm³/mol. The van der Waals surface area contributed by atoms with Crippen molar-refractivity contribution in [2.24, 2.45) is 4.99 Å². The van der Waals surface area contributed by atoms with Gasteiger partial charge in [0.25, 0.3) is 0 Å². The smallest absolute Gasteiger partial charge is 0.191 e. The Bertz CT molecular complexity index is 198. The van der Waals surface area contributed by atoms with Crippen LogP contribution in [0.25, 0.3) is 0 Å². The number of guanidine groups is 1. The lowest BCUT2D eigenvalue weighted by Crippen LogP contribution is -2.40. The molecular formula is C10H19N3S. The Labute approximate surface area is 90.4 Å². The molecule has 0 saturated carbocycles. The molecule has 0 aromatic carbocycles. The first kappa shape index (κ1) is 11.4. The SMILES string of the molecule is C=CCNC(=NC)NCC1CCCS1. The molecule has 1 atom stereocenters. The van der Waals surface area contributed by atoms with Crippen molar-refractivity contribution in [2.75, 3.05) is 25.9 Å². The van der Waals surface area contributed by atoms with Gasteiger partial charge in [-0.1, -0.05) is 6.08 Å². The summed E-state index contributed by atoms with van der Waals surface area (Å²) in [6, 6.07) is 0. The highest BCUT2D eigenvalue weighted by Crippen LogP contribution is 2.25. The van der Waals surface area contributed by atoms with Crippen LogP contribution < -0.4 is 10.6 Å². The van der Waals surface area contributed by atoms with Gasteiger partial charge >= 0.3 is 0 Å². The lowest BCUT2D eigenvalue weighted by atomic mass is 10.2. The first-order chi connectivity index (χ1) is 6.86. The van der Waals surface area contributed by atoms with Crippen LogP contribution in [0, 0.1) is 0 Å². The normalized spacial score (nSPS) is 22.1. The quantitative estimate of drug-likeness (QED) is 0.419. The highest BCUT2D eigenvalue weighted by Gasteiger charge is 2.15. The third kappa shape index (κ3) is 4.05. The van der Waals surface area contributed by atoms with Crippen LogP contribution in [-0.2, 0) is 0 Å². The van der Waals surface area contributed by atoms with E-state index in [0.717, 1.165) is 24.3 Å². The third-order valence-corrected chi connectivity index (χ3v) is 3.56. The molecule has 1 fully saturated rings. The molecule has 4 heteroatoms. The average molecular weight is 213 g/mol. The minimum Gasteiger partial charge on any atom is -0.355 e. The fourth-order valence-corrected chi connectivity index (χ4v) is 2.61. The van der Waals surface area contributed by atoms with E-state index in [9.17, 15) is 0 Å². The van der Waals surface area contributed by atoms with Crippen molar-refractivity contribution in [3.63, 3.8) is 0 Å². The minimum atomic E-state index is 0.761. The Kier molecular flexibility index (Phi) is 5.52. The van der Waals surface area contributed by atoms with Gasteiger partial charge in [-0.2, -0.15) is 11.8 Å². The Balaban J connectivity index is 2.16. The van der Waals surface area contributed by atoms with E-state index >= 15 is 0 Å². The Morgan fingerprint density at radius 3 is 3.07 bits per heavy atom. The van der Waals surface area contributed by atoms with Crippen LogP contribution in [0.2, 0.25) is 0 Å². The van der Waals surface area contributed by atoms with Crippen molar-refractivity contribution in [1.29, 1.82) is 0 Å². The molecule has 1 aliphatic rings. The number of rotatable bonds is 4. The zero-order chi connectivity index (χ0) is 10.2. The second-order valence-corrected chi connectivity index (χ2v) is 4.67. The molecule has 80 valence electrons. The third-order valence-electron chi connectivity index (χ3n) is 2.16. The summed E-state index contributed by atoms with van der Waals surface area (Å²) in [6.07, 6.45) is 4.52. The molecule has 1 heterocycles. The molecule has 1 rings (SSSR count). The van der Waals surface area contributed by atoms with Crippen LogP contribution in [-0.4, -0.2) is 37.1 Å². The monoisotopic (exact) mass is 213 g/mol. The molecule has 0 spiro atoms. The molecule has 3 nitrogen and oxygen atoms in total. The van der Waals surface area contributed by atoms with Crippen molar-refractivity contribution in [3.8, 4) is 0 Å². The highest BCUT2D eigenvalue weighted by atomic mass is 32.2. The van der Waals surface area contributed by atoms with Crippen LogP contribution in [0.1, 0.15) is 12.8 Å². The van der Waals surface area contributed by atoms with Gasteiger partial charge in [0.15, 0.2) is 5.96 Å². The van der Waals surface area contributed by atoms with Crippen molar-refractivity contribution in [1.82, 2.24) is 10.6 Å². The second kappa shape index (κ2) is 6.76. The fourth-order valence-electron chi connectivity index (χ4n) is 1.41. The maximum Gasteiger partial charge on any atom is 0.191 e. The fraction of sp³-hybridized carbons (Fsp3) is 0.700. The highest BCUT2D eigenvalue weighted by molar-refractivity contribution is 8.00. The van der Waals surface area contributed by atoms with Gasteiger partial charge in [0.2, 0.25) is 0 Å². The van der Waals surface area contributed by atoms with Crippen molar-refractivity contribution in [2.45, 2.75) is 18.1 Å². The van der Waals surface area contributed by atoms with Gasteiger partial charge in [-0.3, -0.25) is 4.99 Å². The van der Waals surface area contributed by atoms with E-state index in [0.29, 0.717) is 0 Å². The Morgan fingerprint density at radius 1 is 1.64 bits per heavy atom. The molecule has 2 N–H and O–H groups in total. The summed E-state index contributed by atoms with van der Waals surface area (Å²) in [7, 11) is 1.79. The van der Waals surface area contributed by atoms with E-state index in [1.54, 1.807) is 7.05 Å². The molecule has 0 aliphatic carbocycles. The number of hydrogen-bond acceptors (Lipinski definition) is 2. The van der Waals surface area contributed by atoms with Crippen LogP contribution in [0.15, 0.2) is 17.6 Å². The van der Waals surface area contributed by atoms with E-state index in [1.165, 1.54) is 18.6 Å². The summed E-state index contributed by atoms with van der Waals surface area (Å²) in [5, 5.41) is 7.23. The number of nitrogens with zero attached hydrogens (tertiary/aromatic N) is 1. The van der Waals surface area contributed by atoms with E-state index in [2.05, 4.69) is 34.0 Å². The maximum atomic E-state index is 4.12. The van der Waals surface area contributed by atoms with E-state index in [4.69, 9.17) is 0 Å². The van der Waals surface area contributed by atoms with Crippen LogP contribution >= 0.6 is 11.8 Å². The molecule has 0 amide bonds. The largest absolute Gasteiger partial charge is 0.355 e.